The van der Waals surface area contributed by atoms with Crippen LogP contribution in [0.4, 0.5) is 0 Å². The number of nitrogens with zero attached hydrogens (tertiary/aromatic N) is 2. The van der Waals surface area contributed by atoms with Gasteiger partial charge in [-0.3, -0.25) is 4.79 Å². The molecule has 0 saturated carbocycles. The first-order valence-corrected chi connectivity index (χ1v) is 8.53. The molecular weight excluding hydrogens is 312 g/mol. The molecule has 2 rings (SSSR count). The largest absolute Gasteiger partial charge is 0.457 e. The van der Waals surface area contributed by atoms with Crippen LogP contribution in [0.3, 0.4) is 0 Å². The molecule has 0 atom stereocenters. The first-order chi connectivity index (χ1) is 11.8. The highest BCUT2D eigenvalue weighted by Gasteiger charge is 2.21. The van der Waals surface area contributed by atoms with Crippen molar-refractivity contribution in [2.24, 2.45) is 5.92 Å². The minimum absolute atomic E-state index is 0.0473. The molecule has 134 valence electrons. The van der Waals surface area contributed by atoms with Crippen molar-refractivity contribution in [3.8, 4) is 11.5 Å². The van der Waals surface area contributed by atoms with Crippen molar-refractivity contribution in [1.82, 2.24) is 9.80 Å². The molecule has 0 N–H and O–H groups in total. The van der Waals surface area contributed by atoms with Gasteiger partial charge < -0.3 is 14.5 Å². The molecule has 0 bridgehead atoms. The van der Waals surface area contributed by atoms with Gasteiger partial charge >= 0.3 is 0 Å². The van der Waals surface area contributed by atoms with Crippen molar-refractivity contribution in [2.75, 3.05) is 41.3 Å². The first kappa shape index (κ1) is 19.2. The molecule has 0 aliphatic carbocycles. The van der Waals surface area contributed by atoms with E-state index in [4.69, 9.17) is 4.74 Å². The Morgan fingerprint density at radius 2 is 1.28 bits per heavy atom. The summed E-state index contributed by atoms with van der Waals surface area (Å²) in [6, 6.07) is 15.3. The summed E-state index contributed by atoms with van der Waals surface area (Å²) in [6.07, 6.45) is 0. The summed E-state index contributed by atoms with van der Waals surface area (Å²) in [7, 11) is 7.98. The van der Waals surface area contributed by atoms with Gasteiger partial charge in [0.15, 0.2) is 5.78 Å². The predicted octanol–water partition coefficient (Wildman–Crippen LogP) is 3.71. The van der Waals surface area contributed by atoms with Crippen molar-refractivity contribution < 1.29 is 9.53 Å². The quantitative estimate of drug-likeness (QED) is 0.686. The van der Waals surface area contributed by atoms with Crippen molar-refractivity contribution >= 4 is 5.78 Å². The Bertz CT molecular complexity index is 666. The van der Waals surface area contributed by atoms with Gasteiger partial charge in [-0.25, -0.2) is 0 Å². The molecule has 4 nitrogen and oxygen atoms in total. The van der Waals surface area contributed by atoms with Gasteiger partial charge in [0.25, 0.3) is 0 Å². The third kappa shape index (κ3) is 6.00. The van der Waals surface area contributed by atoms with E-state index in [0.717, 1.165) is 30.2 Å². The maximum Gasteiger partial charge on any atom is 0.168 e. The Morgan fingerprint density at radius 3 is 1.72 bits per heavy atom. The average molecular weight is 340 g/mol. The van der Waals surface area contributed by atoms with E-state index in [1.165, 1.54) is 5.56 Å². The molecule has 0 heterocycles. The van der Waals surface area contributed by atoms with Gasteiger partial charge in [-0.2, -0.15) is 0 Å². The lowest BCUT2D eigenvalue weighted by molar-refractivity contribution is 0.0871. The summed E-state index contributed by atoms with van der Waals surface area (Å²) in [5.74, 6) is 1.65. The Kier molecular flexibility index (Phi) is 6.73. The number of aryl methyl sites for hydroxylation is 1. The molecule has 0 aliphatic rings. The van der Waals surface area contributed by atoms with Crippen LogP contribution in [-0.2, 0) is 0 Å². The number of carbonyl (C=O) groups is 1. The SMILES string of the molecule is Cc1ccc(Oc2ccc(C(=O)C(CN(C)C)CN(C)C)cc2)cc1. The highest BCUT2D eigenvalue weighted by atomic mass is 16.5. The van der Waals surface area contributed by atoms with Crippen LogP contribution in [0, 0.1) is 12.8 Å². The zero-order chi connectivity index (χ0) is 18.4. The second-order valence-electron chi connectivity index (χ2n) is 7.03. The van der Waals surface area contributed by atoms with Crippen LogP contribution >= 0.6 is 0 Å². The minimum atomic E-state index is -0.0473. The molecule has 25 heavy (non-hydrogen) atoms. The Morgan fingerprint density at radius 1 is 0.840 bits per heavy atom. The van der Waals surface area contributed by atoms with Gasteiger partial charge in [-0.15, -0.1) is 0 Å². The Hall–Kier alpha value is -2.17. The molecular formula is C21H28N2O2. The van der Waals surface area contributed by atoms with Crippen molar-refractivity contribution in [3.63, 3.8) is 0 Å². The number of rotatable bonds is 8. The van der Waals surface area contributed by atoms with Crippen LogP contribution in [-0.4, -0.2) is 56.9 Å². The minimum Gasteiger partial charge on any atom is -0.457 e. The normalized spacial score (nSPS) is 11.4. The van der Waals surface area contributed by atoms with Gasteiger partial charge in [-0.05, 0) is 71.5 Å². The number of hydrogen-bond donors (Lipinski definition) is 0. The predicted molar refractivity (Wildman–Crippen MR) is 103 cm³/mol. The van der Waals surface area contributed by atoms with E-state index < -0.39 is 0 Å². The fraction of sp³-hybridized carbons (Fsp3) is 0.381. The van der Waals surface area contributed by atoms with Gasteiger partial charge in [0.05, 0.1) is 0 Å². The van der Waals surface area contributed by atoms with Crippen LogP contribution < -0.4 is 4.74 Å². The third-order valence-electron chi connectivity index (χ3n) is 3.94. The highest BCUT2D eigenvalue weighted by Crippen LogP contribution is 2.23. The van der Waals surface area contributed by atoms with Gasteiger partial charge in [0, 0.05) is 24.6 Å². The summed E-state index contributed by atoms with van der Waals surface area (Å²) < 4.78 is 5.83. The Labute approximate surface area is 151 Å². The molecule has 2 aromatic rings. The van der Waals surface area contributed by atoms with E-state index in [9.17, 15) is 4.79 Å². The maximum atomic E-state index is 12.8. The Balaban J connectivity index is 2.08. The summed E-state index contributed by atoms with van der Waals surface area (Å²) in [5.41, 5.74) is 1.92. The van der Waals surface area contributed by atoms with Crippen LogP contribution in [0.2, 0.25) is 0 Å². The standard InChI is InChI=1S/C21H28N2O2/c1-16-6-10-19(11-7-16)25-20-12-8-17(9-13-20)21(24)18(14-22(2)3)15-23(4)5/h6-13,18H,14-15H2,1-5H3. The molecule has 0 spiro atoms. The molecule has 0 radical (unpaired) electrons. The monoisotopic (exact) mass is 340 g/mol. The molecule has 0 aliphatic heterocycles. The fourth-order valence-electron chi connectivity index (χ4n) is 2.77. The second-order valence-corrected chi connectivity index (χ2v) is 7.03. The second kappa shape index (κ2) is 8.79. The van der Waals surface area contributed by atoms with E-state index in [2.05, 4.69) is 9.80 Å². The van der Waals surface area contributed by atoms with E-state index in [1.807, 2.05) is 83.6 Å². The van der Waals surface area contributed by atoms with Crippen molar-refractivity contribution in [1.29, 1.82) is 0 Å². The van der Waals surface area contributed by atoms with E-state index >= 15 is 0 Å². The van der Waals surface area contributed by atoms with E-state index in [1.54, 1.807) is 0 Å². The lowest BCUT2D eigenvalue weighted by Gasteiger charge is -2.23. The molecule has 4 heteroatoms. The molecule has 2 aromatic carbocycles. The van der Waals surface area contributed by atoms with Crippen molar-refractivity contribution in [3.05, 3.63) is 59.7 Å². The molecule has 0 amide bonds. The van der Waals surface area contributed by atoms with Gasteiger partial charge in [0.1, 0.15) is 11.5 Å². The molecule has 0 unspecified atom stereocenters. The molecule has 0 aromatic heterocycles. The van der Waals surface area contributed by atoms with Crippen LogP contribution in [0.1, 0.15) is 15.9 Å². The van der Waals surface area contributed by atoms with E-state index in [0.29, 0.717) is 0 Å². The number of ketones is 1. The fourth-order valence-corrected chi connectivity index (χ4v) is 2.77. The topological polar surface area (TPSA) is 32.8 Å². The number of Topliss-reactive ketones (excluding diaryl/α,β-unsaturated/α-hetero) is 1. The summed E-state index contributed by atoms with van der Waals surface area (Å²) in [4.78, 5) is 16.9. The zero-order valence-electron chi connectivity index (χ0n) is 15.8. The third-order valence-corrected chi connectivity index (χ3v) is 3.94. The van der Waals surface area contributed by atoms with Gasteiger partial charge in [0.2, 0.25) is 0 Å². The number of ether oxygens (including phenoxy) is 1. The number of hydrogen-bond acceptors (Lipinski definition) is 4. The van der Waals surface area contributed by atoms with Crippen LogP contribution in [0.25, 0.3) is 0 Å². The van der Waals surface area contributed by atoms with Crippen LogP contribution in [0.15, 0.2) is 48.5 Å². The summed E-state index contributed by atoms with van der Waals surface area (Å²) >= 11 is 0. The average Bonchev–Trinajstić information content (AvgIpc) is 2.55. The number of carbonyl (C=O) groups excluding carboxylic acids is 1. The molecule has 0 saturated heterocycles. The lowest BCUT2D eigenvalue weighted by Crippen LogP contribution is -2.35. The summed E-state index contributed by atoms with van der Waals surface area (Å²) in [5, 5.41) is 0. The van der Waals surface area contributed by atoms with Gasteiger partial charge in [-0.1, -0.05) is 17.7 Å². The van der Waals surface area contributed by atoms with Crippen LogP contribution in [0.5, 0.6) is 11.5 Å². The van der Waals surface area contributed by atoms with E-state index in [-0.39, 0.29) is 11.7 Å². The first-order valence-electron chi connectivity index (χ1n) is 8.53. The molecule has 0 fully saturated rings. The lowest BCUT2D eigenvalue weighted by atomic mass is 9.96. The maximum absolute atomic E-state index is 12.8. The zero-order valence-corrected chi connectivity index (χ0v) is 15.8. The number of benzene rings is 2. The smallest absolute Gasteiger partial charge is 0.168 e. The summed E-state index contributed by atoms with van der Waals surface area (Å²) in [6.45, 7) is 3.51. The van der Waals surface area contributed by atoms with Crippen molar-refractivity contribution in [2.45, 2.75) is 6.92 Å². The highest BCUT2D eigenvalue weighted by molar-refractivity contribution is 5.98.